The number of aliphatic carboxylic acids is 1. The van der Waals surface area contributed by atoms with E-state index < -0.39 is 11.2 Å². The summed E-state index contributed by atoms with van der Waals surface area (Å²) in [5, 5.41) is 8.86. The molecule has 2 unspecified atom stereocenters. The summed E-state index contributed by atoms with van der Waals surface area (Å²) in [6.45, 7) is 4.08. The van der Waals surface area contributed by atoms with E-state index in [1.165, 1.54) is 11.8 Å². The lowest BCUT2D eigenvalue weighted by Crippen LogP contribution is -2.37. The number of hydrogen-bond acceptors (Lipinski definition) is 5. The summed E-state index contributed by atoms with van der Waals surface area (Å²) in [5.41, 5.74) is 2.38. The number of carboxylic acid groups (broad SMARTS) is 1. The van der Waals surface area contributed by atoms with Gasteiger partial charge < -0.3 is 19.5 Å². The Labute approximate surface area is 190 Å². The molecule has 1 aliphatic rings. The van der Waals surface area contributed by atoms with Crippen molar-refractivity contribution in [3.05, 3.63) is 65.2 Å². The zero-order chi connectivity index (χ0) is 22.5. The number of thioether (sulfide) groups is 1. The van der Waals surface area contributed by atoms with Crippen molar-refractivity contribution in [2.45, 2.75) is 23.3 Å². The van der Waals surface area contributed by atoms with Gasteiger partial charge in [0.2, 0.25) is 5.91 Å². The van der Waals surface area contributed by atoms with E-state index in [1.807, 2.05) is 24.3 Å². The van der Waals surface area contributed by atoms with Gasteiger partial charge in [0.1, 0.15) is 0 Å². The molecule has 0 spiro atoms. The second-order valence-electron chi connectivity index (χ2n) is 6.96. The number of halogens is 1. The van der Waals surface area contributed by atoms with E-state index in [4.69, 9.17) is 21.1 Å². The molecule has 31 heavy (non-hydrogen) atoms. The Balaban J connectivity index is 2.22. The molecule has 1 heterocycles. The van der Waals surface area contributed by atoms with Crippen molar-refractivity contribution in [1.29, 1.82) is 0 Å². The smallest absolute Gasteiger partial charge is 0.303 e. The molecule has 2 atom stereocenters. The van der Waals surface area contributed by atoms with Gasteiger partial charge in [-0.3, -0.25) is 9.59 Å². The topological polar surface area (TPSA) is 76.1 Å². The standard InChI is InChI=1S/C23H24ClNO5S/c1-4-12-25-17-9-8-14(24)13-16(17)22(31-19(23(25)28)10-11-20(26)27)15-6-5-7-18(29-2)21(15)30-3/h4-9,13,19,22H,1,10-12H2,2-3H3,(H,26,27). The molecular weight excluding hydrogens is 438 g/mol. The minimum atomic E-state index is -0.941. The number of hydrogen-bond donors (Lipinski definition) is 1. The zero-order valence-corrected chi connectivity index (χ0v) is 18.9. The van der Waals surface area contributed by atoms with Crippen LogP contribution >= 0.6 is 23.4 Å². The van der Waals surface area contributed by atoms with Gasteiger partial charge in [0.25, 0.3) is 0 Å². The fourth-order valence-electron chi connectivity index (χ4n) is 3.69. The number of carbonyl (C=O) groups excluding carboxylic acids is 1. The molecule has 0 aliphatic carbocycles. The van der Waals surface area contributed by atoms with Crippen LogP contribution in [0.4, 0.5) is 5.69 Å². The normalized spacial score (nSPS) is 18.2. The van der Waals surface area contributed by atoms with Crippen molar-refractivity contribution in [1.82, 2.24) is 0 Å². The van der Waals surface area contributed by atoms with Crippen LogP contribution in [0.2, 0.25) is 5.02 Å². The molecular formula is C23H24ClNO5S. The van der Waals surface area contributed by atoms with E-state index in [0.717, 1.165) is 16.8 Å². The maximum atomic E-state index is 13.4. The number of amides is 1. The Kier molecular flexibility index (Phi) is 7.51. The van der Waals surface area contributed by atoms with Crippen LogP contribution in [0.1, 0.15) is 29.2 Å². The Morgan fingerprint density at radius 1 is 1.26 bits per heavy atom. The van der Waals surface area contributed by atoms with E-state index in [1.54, 1.807) is 37.3 Å². The fraction of sp³-hybridized carbons (Fsp3) is 0.304. The molecule has 2 aromatic rings. The first-order valence-electron chi connectivity index (χ1n) is 9.71. The SMILES string of the molecule is C=CCN1C(=O)C(CCC(=O)O)SC(c2cccc(OC)c2OC)c2cc(Cl)ccc21. The van der Waals surface area contributed by atoms with Crippen molar-refractivity contribution in [2.24, 2.45) is 0 Å². The van der Waals surface area contributed by atoms with Gasteiger partial charge in [0.15, 0.2) is 11.5 Å². The minimum Gasteiger partial charge on any atom is -0.493 e. The van der Waals surface area contributed by atoms with Gasteiger partial charge in [0, 0.05) is 29.2 Å². The molecule has 8 heteroatoms. The largest absolute Gasteiger partial charge is 0.493 e. The summed E-state index contributed by atoms with van der Waals surface area (Å²) in [4.78, 5) is 26.3. The van der Waals surface area contributed by atoms with Gasteiger partial charge in [-0.2, -0.15) is 0 Å². The summed E-state index contributed by atoms with van der Waals surface area (Å²) < 4.78 is 11.1. The lowest BCUT2D eigenvalue weighted by molar-refractivity contribution is -0.137. The number of fused-ring (bicyclic) bond motifs is 1. The third kappa shape index (κ3) is 4.83. The van der Waals surface area contributed by atoms with Crippen molar-refractivity contribution in [3.63, 3.8) is 0 Å². The van der Waals surface area contributed by atoms with E-state index in [9.17, 15) is 14.7 Å². The molecule has 0 fully saturated rings. The monoisotopic (exact) mass is 461 g/mol. The molecule has 164 valence electrons. The van der Waals surface area contributed by atoms with Crippen molar-refractivity contribution >= 4 is 40.9 Å². The van der Waals surface area contributed by atoms with Gasteiger partial charge in [0.05, 0.1) is 24.7 Å². The molecule has 1 N–H and O–H groups in total. The van der Waals surface area contributed by atoms with Gasteiger partial charge in [-0.15, -0.1) is 18.3 Å². The van der Waals surface area contributed by atoms with E-state index in [-0.39, 0.29) is 24.0 Å². The summed E-state index contributed by atoms with van der Waals surface area (Å²) in [6.07, 6.45) is 1.75. The van der Waals surface area contributed by atoms with E-state index in [0.29, 0.717) is 23.1 Å². The molecule has 3 rings (SSSR count). The molecule has 2 aromatic carbocycles. The highest BCUT2D eigenvalue weighted by atomic mass is 35.5. The predicted octanol–water partition coefficient (Wildman–Crippen LogP) is 4.95. The van der Waals surface area contributed by atoms with Crippen LogP contribution in [0.5, 0.6) is 11.5 Å². The van der Waals surface area contributed by atoms with Crippen LogP contribution < -0.4 is 14.4 Å². The van der Waals surface area contributed by atoms with Crippen LogP contribution in [0, 0.1) is 0 Å². The third-order valence-electron chi connectivity index (χ3n) is 5.05. The summed E-state index contributed by atoms with van der Waals surface area (Å²) in [7, 11) is 3.14. The number of nitrogens with zero attached hydrogens (tertiary/aromatic N) is 1. The Morgan fingerprint density at radius 2 is 2.03 bits per heavy atom. The van der Waals surface area contributed by atoms with Crippen LogP contribution in [0.25, 0.3) is 0 Å². The molecule has 0 saturated heterocycles. The first-order chi connectivity index (χ1) is 14.9. The average Bonchev–Trinajstić information content (AvgIpc) is 2.87. The number of benzene rings is 2. The Bertz CT molecular complexity index is 996. The van der Waals surface area contributed by atoms with Crippen molar-refractivity contribution in [3.8, 4) is 11.5 Å². The van der Waals surface area contributed by atoms with Crippen LogP contribution in [0.3, 0.4) is 0 Å². The summed E-state index contributed by atoms with van der Waals surface area (Å²) in [5.74, 6) is 0.0443. The van der Waals surface area contributed by atoms with Crippen molar-refractivity contribution in [2.75, 3.05) is 25.7 Å². The van der Waals surface area contributed by atoms with E-state index >= 15 is 0 Å². The maximum absolute atomic E-state index is 13.4. The van der Waals surface area contributed by atoms with Gasteiger partial charge in [-0.25, -0.2) is 0 Å². The molecule has 1 aliphatic heterocycles. The molecule has 6 nitrogen and oxygen atoms in total. The van der Waals surface area contributed by atoms with Gasteiger partial charge >= 0.3 is 5.97 Å². The highest BCUT2D eigenvalue weighted by Crippen LogP contribution is 2.51. The molecule has 0 radical (unpaired) electrons. The number of rotatable bonds is 8. The summed E-state index contributed by atoms with van der Waals surface area (Å²) >= 11 is 7.75. The molecule has 0 saturated carbocycles. The average molecular weight is 462 g/mol. The number of methoxy groups -OCH3 is 2. The Hall–Kier alpha value is -2.64. The van der Waals surface area contributed by atoms with Crippen LogP contribution in [-0.4, -0.2) is 43.0 Å². The maximum Gasteiger partial charge on any atom is 0.303 e. The molecule has 0 bridgehead atoms. The number of carbonyl (C=O) groups is 2. The summed E-state index contributed by atoms with van der Waals surface area (Å²) in [6, 6.07) is 11.0. The third-order valence-corrected chi connectivity index (χ3v) is 6.83. The van der Waals surface area contributed by atoms with Crippen molar-refractivity contribution < 1.29 is 24.2 Å². The first-order valence-corrected chi connectivity index (χ1v) is 11.0. The first kappa shape index (κ1) is 23.0. The number of para-hydroxylation sites is 1. The molecule has 0 aromatic heterocycles. The minimum absolute atomic E-state index is 0.107. The fourth-order valence-corrected chi connectivity index (χ4v) is 5.37. The van der Waals surface area contributed by atoms with Gasteiger partial charge in [-0.05, 0) is 36.2 Å². The highest BCUT2D eigenvalue weighted by molar-refractivity contribution is 8.01. The quantitative estimate of drug-likeness (QED) is 0.561. The van der Waals surface area contributed by atoms with Crippen LogP contribution in [-0.2, 0) is 9.59 Å². The lowest BCUT2D eigenvalue weighted by atomic mass is 10.00. The lowest BCUT2D eigenvalue weighted by Gasteiger charge is -2.24. The van der Waals surface area contributed by atoms with E-state index in [2.05, 4.69) is 6.58 Å². The zero-order valence-electron chi connectivity index (χ0n) is 17.3. The number of ether oxygens (including phenoxy) is 2. The number of carboxylic acids is 1. The molecule has 1 amide bonds. The predicted molar refractivity (Wildman–Crippen MR) is 124 cm³/mol. The second kappa shape index (κ2) is 10.1. The second-order valence-corrected chi connectivity index (χ2v) is 8.71. The number of anilines is 1. The highest BCUT2D eigenvalue weighted by Gasteiger charge is 2.37. The van der Waals surface area contributed by atoms with Gasteiger partial charge in [-0.1, -0.05) is 29.8 Å². The van der Waals surface area contributed by atoms with Crippen LogP contribution in [0.15, 0.2) is 49.1 Å². The Morgan fingerprint density at radius 3 is 2.68 bits per heavy atom.